The van der Waals surface area contributed by atoms with Crippen LogP contribution in [0, 0.1) is 11.2 Å². The lowest BCUT2D eigenvalue weighted by atomic mass is 9.38. The van der Waals surface area contributed by atoms with Crippen molar-refractivity contribution in [2.24, 2.45) is 10.4 Å². The van der Waals surface area contributed by atoms with Crippen molar-refractivity contribution in [1.29, 1.82) is 0 Å². The molecule has 0 spiro atoms. The molecule has 6 rings (SSSR count). The van der Waals surface area contributed by atoms with Crippen molar-refractivity contribution in [3.05, 3.63) is 65.5 Å². The summed E-state index contributed by atoms with van der Waals surface area (Å²) in [5.74, 6) is -0.545. The molecule has 0 saturated heterocycles. The molecule has 1 aliphatic heterocycles. The number of alkyl halides is 6. The third-order valence-corrected chi connectivity index (χ3v) is 10.6. The van der Waals surface area contributed by atoms with E-state index in [1.165, 1.54) is 16.4 Å². The quantitative estimate of drug-likeness (QED) is 0.307. The van der Waals surface area contributed by atoms with E-state index in [-0.39, 0.29) is 24.3 Å². The first kappa shape index (κ1) is 31.4. The Morgan fingerprint density at radius 1 is 0.977 bits per heavy atom. The smallest absolute Gasteiger partial charge is 0.366 e. The van der Waals surface area contributed by atoms with E-state index in [1.54, 1.807) is 13.8 Å². The van der Waals surface area contributed by atoms with Gasteiger partial charge in [-0.3, -0.25) is 9.79 Å². The van der Waals surface area contributed by atoms with E-state index in [0.29, 0.717) is 30.7 Å². The van der Waals surface area contributed by atoms with Crippen molar-refractivity contribution in [3.63, 3.8) is 0 Å². The minimum Gasteiger partial charge on any atom is -0.366 e. The summed E-state index contributed by atoms with van der Waals surface area (Å²) < 4.78 is 119. The van der Waals surface area contributed by atoms with Gasteiger partial charge in [0, 0.05) is 30.3 Å². The number of nitrogens with zero attached hydrogens (tertiary/aromatic N) is 2. The van der Waals surface area contributed by atoms with E-state index in [0.717, 1.165) is 36.4 Å². The van der Waals surface area contributed by atoms with Gasteiger partial charge < -0.3 is 5.32 Å². The molecule has 1 N–H and O–H groups in total. The van der Waals surface area contributed by atoms with Gasteiger partial charge in [0.25, 0.3) is 0 Å². The Bertz CT molecular complexity index is 1510. The highest BCUT2D eigenvalue weighted by Gasteiger charge is 2.75. The largest absolute Gasteiger partial charge is 0.416 e. The lowest BCUT2D eigenvalue weighted by Crippen LogP contribution is -2.78. The van der Waals surface area contributed by atoms with E-state index >= 15 is 0 Å². The highest BCUT2D eigenvalue weighted by molar-refractivity contribution is 7.89. The second kappa shape index (κ2) is 10.3. The van der Waals surface area contributed by atoms with Crippen LogP contribution >= 0.6 is 0 Å². The first-order valence-electron chi connectivity index (χ1n) is 13.7. The zero-order chi connectivity index (χ0) is 31.6. The molecule has 0 radical (unpaired) electrons. The van der Waals surface area contributed by atoms with Crippen molar-refractivity contribution in [2.45, 2.75) is 93.3 Å². The van der Waals surface area contributed by atoms with E-state index in [4.69, 9.17) is 0 Å². The molecule has 1 atom stereocenters. The number of carbonyl (C=O) groups excluding carboxylic acids is 1. The number of carbonyl (C=O) groups is 1. The number of nitrogens with one attached hydrogen (secondary N) is 1. The number of Topliss-reactive ketones (excluding diaryl/α,β-unsaturated/α-hetero) is 1. The summed E-state index contributed by atoms with van der Waals surface area (Å²) in [6, 6.07) is 7.59. The summed E-state index contributed by atoms with van der Waals surface area (Å²) in [5.41, 5.74) is -2.86. The summed E-state index contributed by atoms with van der Waals surface area (Å²) in [4.78, 5) is 17.2. The lowest BCUT2D eigenvalue weighted by molar-refractivity contribution is -0.151. The molecule has 0 amide bonds. The third kappa shape index (κ3) is 5.92. The first-order valence-corrected chi connectivity index (χ1v) is 15.1. The SMILES string of the molecule is CC1(C)NC(C23CC(N(Cc4ccc(C(F)(F)F)cc4)S(=O)(=O)c4ccc(F)cc4)(C2)C3)=N[C@@H]1C(=O)CCCC(F)(F)F. The summed E-state index contributed by atoms with van der Waals surface area (Å²) >= 11 is 0. The number of aliphatic imine (C=N–C) groups is 1. The third-order valence-electron chi connectivity index (χ3n) is 8.61. The van der Waals surface area contributed by atoms with Crippen LogP contribution in [0.4, 0.5) is 30.7 Å². The van der Waals surface area contributed by atoms with Gasteiger partial charge in [-0.2, -0.15) is 30.6 Å². The molecule has 2 aromatic rings. The molecular formula is C29H30F7N3O3S. The Kier molecular flexibility index (Phi) is 7.52. The highest BCUT2D eigenvalue weighted by Crippen LogP contribution is 2.71. The summed E-state index contributed by atoms with van der Waals surface area (Å²) in [7, 11) is -4.22. The van der Waals surface area contributed by atoms with E-state index in [1.807, 2.05) is 0 Å². The Morgan fingerprint density at radius 3 is 2.09 bits per heavy atom. The van der Waals surface area contributed by atoms with Gasteiger partial charge >= 0.3 is 12.4 Å². The van der Waals surface area contributed by atoms with Crippen LogP contribution in [0.15, 0.2) is 58.4 Å². The van der Waals surface area contributed by atoms with Crippen molar-refractivity contribution < 1.29 is 43.9 Å². The van der Waals surface area contributed by atoms with Crippen molar-refractivity contribution >= 4 is 21.6 Å². The molecule has 6 nitrogen and oxygen atoms in total. The van der Waals surface area contributed by atoms with Gasteiger partial charge in [-0.05, 0) is 81.5 Å². The van der Waals surface area contributed by atoms with Crippen LogP contribution in [0.3, 0.4) is 0 Å². The fourth-order valence-corrected chi connectivity index (χ4v) is 8.25. The second-order valence-corrected chi connectivity index (χ2v) is 14.2. The van der Waals surface area contributed by atoms with Crippen molar-refractivity contribution in [1.82, 2.24) is 9.62 Å². The molecule has 1 heterocycles. The number of sulfonamides is 1. The second-order valence-electron chi connectivity index (χ2n) is 12.4. The molecule has 0 aromatic heterocycles. The average molecular weight is 634 g/mol. The lowest BCUT2D eigenvalue weighted by Gasteiger charge is -2.73. The Hall–Kier alpha value is -3.00. The maximum absolute atomic E-state index is 13.8. The topological polar surface area (TPSA) is 78.8 Å². The molecule has 3 saturated carbocycles. The fourth-order valence-electron chi connectivity index (χ4n) is 6.50. The maximum atomic E-state index is 13.8. The molecule has 234 valence electrons. The van der Waals surface area contributed by atoms with Crippen LogP contribution in [-0.4, -0.2) is 47.6 Å². The van der Waals surface area contributed by atoms with E-state index < -0.39 is 68.5 Å². The molecule has 0 unspecified atom stereocenters. The molecule has 3 aliphatic carbocycles. The number of hydrogen-bond donors (Lipinski definition) is 1. The number of benzene rings is 2. The number of rotatable bonds is 10. The maximum Gasteiger partial charge on any atom is 0.416 e. The van der Waals surface area contributed by atoms with Crippen LogP contribution < -0.4 is 5.32 Å². The normalized spacial score (nSPS) is 26.4. The van der Waals surface area contributed by atoms with E-state index in [2.05, 4.69) is 10.3 Å². The van der Waals surface area contributed by atoms with Gasteiger partial charge in [0.05, 0.1) is 16.0 Å². The zero-order valence-corrected chi connectivity index (χ0v) is 24.1. The Balaban J connectivity index is 1.37. The van der Waals surface area contributed by atoms with Gasteiger partial charge in [-0.15, -0.1) is 0 Å². The van der Waals surface area contributed by atoms with Crippen molar-refractivity contribution in [2.75, 3.05) is 0 Å². The number of ketones is 1. The zero-order valence-electron chi connectivity index (χ0n) is 23.3. The van der Waals surface area contributed by atoms with Crippen molar-refractivity contribution in [3.8, 4) is 0 Å². The predicted molar refractivity (Wildman–Crippen MR) is 143 cm³/mol. The minimum atomic E-state index is -4.56. The van der Waals surface area contributed by atoms with Crippen LogP contribution in [0.5, 0.6) is 0 Å². The summed E-state index contributed by atoms with van der Waals surface area (Å²) in [5, 5.41) is 3.24. The molecule has 14 heteroatoms. The molecule has 4 aliphatic rings. The van der Waals surface area contributed by atoms with Gasteiger partial charge in [-0.1, -0.05) is 12.1 Å². The number of hydrogen-bond acceptors (Lipinski definition) is 5. The van der Waals surface area contributed by atoms with Gasteiger partial charge in [-0.25, -0.2) is 12.8 Å². The average Bonchev–Trinajstić information content (AvgIpc) is 3.15. The van der Waals surface area contributed by atoms with Crippen LogP contribution in [0.2, 0.25) is 0 Å². The van der Waals surface area contributed by atoms with Gasteiger partial charge in [0.2, 0.25) is 10.0 Å². The predicted octanol–water partition coefficient (Wildman–Crippen LogP) is 6.41. The first-order chi connectivity index (χ1) is 19.8. The number of halogens is 7. The highest BCUT2D eigenvalue weighted by atomic mass is 32.2. The Morgan fingerprint density at radius 2 is 1.56 bits per heavy atom. The Labute approximate surface area is 244 Å². The van der Waals surface area contributed by atoms with Crippen LogP contribution in [0.25, 0.3) is 0 Å². The molecule has 2 aromatic carbocycles. The molecular weight excluding hydrogens is 603 g/mol. The van der Waals surface area contributed by atoms with Crippen LogP contribution in [0.1, 0.15) is 63.5 Å². The molecule has 2 bridgehead atoms. The van der Waals surface area contributed by atoms with E-state index in [9.17, 15) is 43.9 Å². The van der Waals surface area contributed by atoms with Gasteiger partial charge in [0.1, 0.15) is 17.7 Å². The monoisotopic (exact) mass is 633 g/mol. The van der Waals surface area contributed by atoms with Crippen LogP contribution in [-0.2, 0) is 27.5 Å². The summed E-state index contributed by atoms with van der Waals surface area (Å²) in [6.07, 6.45) is -9.65. The van der Waals surface area contributed by atoms with Gasteiger partial charge in [0.15, 0.2) is 5.78 Å². The molecule has 43 heavy (non-hydrogen) atoms. The fraction of sp³-hybridized carbons (Fsp3) is 0.517. The molecule has 3 fully saturated rings. The standard InChI is InChI=1S/C29H30F7N3O3S/c1-25(2)23(22(40)4-3-13-28(31,32)33)37-24(38-25)26-15-27(16-26,17-26)39(43(41,42)21-11-9-20(30)10-12-21)14-18-5-7-19(8-6-18)29(34,35)36/h5-12,23H,3-4,13-17H2,1-2H3,(H,37,38)/t23-,26?,27?/m1/s1. The number of amidine groups is 1. The summed E-state index contributed by atoms with van der Waals surface area (Å²) in [6.45, 7) is 3.24. The minimum absolute atomic E-state index is 0.165.